The molecule has 0 unspecified atom stereocenters. The first-order valence-corrected chi connectivity index (χ1v) is 4.78. The van der Waals surface area contributed by atoms with Crippen LogP contribution in [0.4, 0.5) is 0 Å². The molecule has 2 saturated heterocycles. The Hall–Kier alpha value is -1.04. The van der Waals surface area contributed by atoms with Crippen LogP contribution in [0.3, 0.4) is 0 Å². The molecule has 0 aromatic rings. The second-order valence-electron chi connectivity index (χ2n) is 5.07. The van der Waals surface area contributed by atoms with E-state index >= 15 is 0 Å². The first-order chi connectivity index (χ1) is 6.35. The number of hydrogen-bond acceptors (Lipinski definition) is 4. The summed E-state index contributed by atoms with van der Waals surface area (Å²) in [5.41, 5.74) is 0. The van der Waals surface area contributed by atoms with E-state index in [-0.39, 0.29) is 30.3 Å². The molecule has 0 radical (unpaired) electrons. The minimum atomic E-state index is -1.82. The minimum absolute atomic E-state index is 0.239. The van der Waals surface area contributed by atoms with Crippen LogP contribution < -0.4 is 4.81 Å². The standard InChI is InChI=1S/C8H14BNO4/c1-8(2,3)9-10(4-6(11)13-9)5-7(12)14-9/h10H,4-5H2,1-3H3. The molecule has 0 amide bonds. The predicted octanol–water partition coefficient (Wildman–Crippen LogP) is -1.28. The van der Waals surface area contributed by atoms with Gasteiger partial charge in [0.1, 0.15) is 13.1 Å². The Labute approximate surface area is 82.3 Å². The minimum Gasteiger partial charge on any atom is -0.600 e. The van der Waals surface area contributed by atoms with Crippen LogP contribution in [0.25, 0.3) is 0 Å². The summed E-state index contributed by atoms with van der Waals surface area (Å²) in [5, 5.41) is -0.340. The lowest BCUT2D eigenvalue weighted by Gasteiger charge is -2.39. The van der Waals surface area contributed by atoms with Gasteiger partial charge in [-0.2, -0.15) is 0 Å². The summed E-state index contributed by atoms with van der Waals surface area (Å²) in [6.45, 7) is 4.42. The summed E-state index contributed by atoms with van der Waals surface area (Å²) >= 11 is 0. The van der Waals surface area contributed by atoms with Gasteiger partial charge in [0, 0.05) is 0 Å². The summed E-state index contributed by atoms with van der Waals surface area (Å²) in [5.74, 6) is -0.551. The van der Waals surface area contributed by atoms with E-state index in [1.807, 2.05) is 20.8 Å². The summed E-state index contributed by atoms with van der Waals surface area (Å²) in [4.78, 5) is 23.2. The molecule has 0 bridgehead atoms. The number of carbonyl (C=O) groups excluding carboxylic acids is 2. The lowest BCUT2D eigenvalue weighted by molar-refractivity contribution is -0.778. The van der Waals surface area contributed by atoms with Gasteiger partial charge in [0.2, 0.25) is 0 Å². The third-order valence-electron chi connectivity index (χ3n) is 3.02. The van der Waals surface area contributed by atoms with Gasteiger partial charge in [0.25, 0.3) is 0 Å². The normalized spacial score (nSPS) is 36.6. The highest BCUT2D eigenvalue weighted by Gasteiger charge is 2.65. The maximum absolute atomic E-state index is 11.2. The van der Waals surface area contributed by atoms with Crippen molar-refractivity contribution in [3.8, 4) is 0 Å². The molecule has 0 aliphatic carbocycles. The SMILES string of the molecule is CC(C)(C)[B-]12OC(=O)C[NH+]1CC(=O)O2. The highest BCUT2D eigenvalue weighted by atomic mass is 16.7. The zero-order chi connectivity index (χ0) is 10.6. The van der Waals surface area contributed by atoms with Crippen molar-refractivity contribution in [2.24, 2.45) is 0 Å². The highest BCUT2D eigenvalue weighted by molar-refractivity contribution is 6.67. The fourth-order valence-corrected chi connectivity index (χ4v) is 2.31. The molecule has 0 spiro atoms. The number of quaternary nitrogens is 1. The van der Waals surface area contributed by atoms with Gasteiger partial charge >= 0.3 is 18.6 Å². The third kappa shape index (κ3) is 1.07. The molecule has 2 heterocycles. The largest absolute Gasteiger partial charge is 0.600 e. The first-order valence-electron chi connectivity index (χ1n) is 4.78. The van der Waals surface area contributed by atoms with E-state index in [1.165, 1.54) is 0 Å². The molecule has 1 N–H and O–H groups in total. The van der Waals surface area contributed by atoms with Gasteiger partial charge in [-0.15, -0.1) is 0 Å². The molecule has 78 valence electrons. The molecule has 5 nitrogen and oxygen atoms in total. The smallest absolute Gasteiger partial charge is 0.587 e. The Bertz CT molecular complexity index is 289. The van der Waals surface area contributed by atoms with Gasteiger partial charge in [-0.3, -0.25) is 9.59 Å². The Balaban J connectivity index is 2.39. The molecule has 6 heteroatoms. The van der Waals surface area contributed by atoms with Crippen LogP contribution in [0, 0.1) is 0 Å². The summed E-state index contributed by atoms with van der Waals surface area (Å²) in [6.07, 6.45) is 0. The van der Waals surface area contributed by atoms with Gasteiger partial charge < -0.3 is 14.1 Å². The van der Waals surface area contributed by atoms with Crippen LogP contribution >= 0.6 is 0 Å². The van der Waals surface area contributed by atoms with Crippen molar-refractivity contribution in [1.29, 1.82) is 0 Å². The van der Waals surface area contributed by atoms with Gasteiger partial charge in [-0.25, -0.2) is 0 Å². The molecule has 0 atom stereocenters. The Kier molecular flexibility index (Phi) is 1.70. The van der Waals surface area contributed by atoms with Gasteiger partial charge in [0.15, 0.2) is 0 Å². The topological polar surface area (TPSA) is 57.0 Å². The van der Waals surface area contributed by atoms with Crippen molar-refractivity contribution in [2.75, 3.05) is 13.1 Å². The van der Waals surface area contributed by atoms with Crippen molar-refractivity contribution < 1.29 is 23.7 Å². The fraction of sp³-hybridized carbons (Fsp3) is 0.750. The van der Waals surface area contributed by atoms with Crippen molar-refractivity contribution in [2.45, 2.75) is 26.1 Å². The van der Waals surface area contributed by atoms with E-state index in [0.29, 0.717) is 0 Å². The molecule has 0 aromatic heterocycles. The molecule has 2 rings (SSSR count). The lowest BCUT2D eigenvalue weighted by atomic mass is 9.49. The highest BCUT2D eigenvalue weighted by Crippen LogP contribution is 2.36. The average molecular weight is 199 g/mol. The molecule has 2 fully saturated rings. The number of carbonyl (C=O) groups is 2. The second-order valence-corrected chi connectivity index (χ2v) is 5.07. The summed E-state index contributed by atoms with van der Waals surface area (Å²) < 4.78 is 10.5. The van der Waals surface area contributed by atoms with E-state index < -0.39 is 6.69 Å². The quantitative estimate of drug-likeness (QED) is 0.494. The predicted molar refractivity (Wildman–Crippen MR) is 48.3 cm³/mol. The molecule has 0 saturated carbocycles. The fourth-order valence-electron chi connectivity index (χ4n) is 2.31. The third-order valence-corrected chi connectivity index (χ3v) is 3.02. The average Bonchev–Trinajstić information content (AvgIpc) is 2.38. The molecule has 14 heavy (non-hydrogen) atoms. The Morgan fingerprint density at radius 3 is 1.86 bits per heavy atom. The molecule has 2 aliphatic rings. The molecular formula is C8H14BNO4. The van der Waals surface area contributed by atoms with Crippen molar-refractivity contribution in [1.82, 2.24) is 0 Å². The Morgan fingerprint density at radius 2 is 1.57 bits per heavy atom. The van der Waals surface area contributed by atoms with Crippen LogP contribution in [0.5, 0.6) is 0 Å². The molecule has 0 aromatic carbocycles. The van der Waals surface area contributed by atoms with Crippen molar-refractivity contribution in [3.63, 3.8) is 0 Å². The molecular weight excluding hydrogens is 185 g/mol. The second kappa shape index (κ2) is 2.50. The van der Waals surface area contributed by atoms with E-state index in [1.54, 1.807) is 0 Å². The monoisotopic (exact) mass is 199 g/mol. The van der Waals surface area contributed by atoms with Crippen LogP contribution in [-0.2, 0) is 18.9 Å². The van der Waals surface area contributed by atoms with Gasteiger partial charge in [-0.1, -0.05) is 20.8 Å². The zero-order valence-corrected chi connectivity index (χ0v) is 8.62. The van der Waals surface area contributed by atoms with Gasteiger partial charge in [-0.05, 0) is 5.31 Å². The summed E-state index contributed by atoms with van der Waals surface area (Å²) in [6, 6.07) is 0. The summed E-state index contributed by atoms with van der Waals surface area (Å²) in [7, 11) is 0. The zero-order valence-electron chi connectivity index (χ0n) is 8.62. The number of rotatable bonds is 0. The van der Waals surface area contributed by atoms with Crippen molar-refractivity contribution >= 4 is 18.6 Å². The van der Waals surface area contributed by atoms with Crippen molar-refractivity contribution in [3.05, 3.63) is 0 Å². The maximum Gasteiger partial charge on any atom is 0.587 e. The maximum atomic E-state index is 11.2. The Morgan fingerprint density at radius 1 is 1.14 bits per heavy atom. The van der Waals surface area contributed by atoms with Crippen LogP contribution in [0.2, 0.25) is 5.31 Å². The molecule has 2 aliphatic heterocycles. The lowest BCUT2D eigenvalue weighted by Crippen LogP contribution is -3.20. The number of nitrogens with one attached hydrogen (secondary N) is 1. The van der Waals surface area contributed by atoms with E-state index in [2.05, 4.69) is 0 Å². The van der Waals surface area contributed by atoms with E-state index in [0.717, 1.165) is 4.81 Å². The van der Waals surface area contributed by atoms with Crippen LogP contribution in [0.1, 0.15) is 20.8 Å². The van der Waals surface area contributed by atoms with Crippen LogP contribution in [-0.4, -0.2) is 31.7 Å². The van der Waals surface area contributed by atoms with E-state index in [4.69, 9.17) is 9.31 Å². The number of fused-ring (bicyclic) bond motifs is 1. The van der Waals surface area contributed by atoms with Gasteiger partial charge in [0.05, 0.1) is 0 Å². The number of hydrogen-bond donors (Lipinski definition) is 1. The first kappa shape index (κ1) is 9.52. The van der Waals surface area contributed by atoms with Crippen LogP contribution in [0.15, 0.2) is 0 Å². The van der Waals surface area contributed by atoms with E-state index in [9.17, 15) is 9.59 Å².